The number of nitrogens with one attached hydrogen (secondary N) is 1. The van der Waals surface area contributed by atoms with Crippen molar-refractivity contribution in [3.8, 4) is 0 Å². The Morgan fingerprint density at radius 1 is 1.29 bits per heavy atom. The van der Waals surface area contributed by atoms with Crippen LogP contribution in [-0.4, -0.2) is 29.4 Å². The first-order chi connectivity index (χ1) is 10.0. The minimum atomic E-state index is 0.178. The number of hydrogen-bond acceptors (Lipinski definition) is 2. The van der Waals surface area contributed by atoms with Crippen LogP contribution in [0.25, 0.3) is 0 Å². The molecule has 2 atom stereocenters. The molecule has 2 unspecified atom stereocenters. The molecule has 1 amide bonds. The van der Waals surface area contributed by atoms with Gasteiger partial charge >= 0.3 is 0 Å². The average molecular weight is 288 g/mol. The first-order valence-electron chi connectivity index (χ1n) is 8.21. The van der Waals surface area contributed by atoms with E-state index in [0.717, 1.165) is 42.6 Å². The number of benzene rings is 1. The molecule has 1 fully saturated rings. The second-order valence-corrected chi connectivity index (χ2v) is 6.32. The summed E-state index contributed by atoms with van der Waals surface area (Å²) >= 11 is 0. The molecule has 1 heterocycles. The zero-order chi connectivity index (χ0) is 15.4. The van der Waals surface area contributed by atoms with E-state index in [0.29, 0.717) is 12.1 Å². The van der Waals surface area contributed by atoms with Crippen LogP contribution in [-0.2, 0) is 0 Å². The van der Waals surface area contributed by atoms with Crippen molar-refractivity contribution in [1.29, 1.82) is 0 Å². The highest BCUT2D eigenvalue weighted by atomic mass is 16.2. The number of piperidine rings is 1. The summed E-state index contributed by atoms with van der Waals surface area (Å²) in [5.41, 5.74) is 2.93. The third kappa shape index (κ3) is 3.58. The number of hydrogen-bond donors (Lipinski definition) is 1. The summed E-state index contributed by atoms with van der Waals surface area (Å²) < 4.78 is 0. The van der Waals surface area contributed by atoms with Crippen LogP contribution in [0, 0.1) is 6.92 Å². The van der Waals surface area contributed by atoms with E-state index in [1.165, 1.54) is 6.42 Å². The fourth-order valence-electron chi connectivity index (χ4n) is 3.21. The number of carbonyl (C=O) groups is 1. The molecule has 2 rings (SSSR count). The maximum absolute atomic E-state index is 13.0. The monoisotopic (exact) mass is 288 g/mol. The summed E-state index contributed by atoms with van der Waals surface area (Å²) in [6.45, 7) is 9.42. The molecule has 1 aromatic rings. The van der Waals surface area contributed by atoms with Gasteiger partial charge in [0.25, 0.3) is 5.91 Å². The molecule has 0 radical (unpaired) electrons. The number of aryl methyl sites for hydroxylation is 1. The number of rotatable bonds is 4. The molecule has 3 nitrogen and oxygen atoms in total. The Morgan fingerprint density at radius 2 is 1.95 bits per heavy atom. The summed E-state index contributed by atoms with van der Waals surface area (Å²) in [7, 11) is 0. The molecule has 1 aliphatic heterocycles. The van der Waals surface area contributed by atoms with Crippen LogP contribution in [0.2, 0.25) is 0 Å². The van der Waals surface area contributed by atoms with Gasteiger partial charge in [-0.2, -0.15) is 0 Å². The van der Waals surface area contributed by atoms with Gasteiger partial charge in [-0.25, -0.2) is 0 Å². The average Bonchev–Trinajstić information content (AvgIpc) is 2.45. The number of amides is 1. The Bertz CT molecular complexity index is 488. The normalized spacial score (nSPS) is 22.2. The van der Waals surface area contributed by atoms with Crippen LogP contribution in [0.3, 0.4) is 0 Å². The van der Waals surface area contributed by atoms with Crippen molar-refractivity contribution in [1.82, 2.24) is 4.90 Å². The summed E-state index contributed by atoms with van der Waals surface area (Å²) in [6.07, 6.45) is 4.50. The molecule has 0 saturated carbocycles. The topological polar surface area (TPSA) is 32.3 Å². The van der Waals surface area contributed by atoms with E-state index in [2.05, 4.69) is 37.1 Å². The van der Waals surface area contributed by atoms with Crippen molar-refractivity contribution in [3.05, 3.63) is 29.3 Å². The largest absolute Gasteiger partial charge is 0.384 e. The van der Waals surface area contributed by atoms with Crippen molar-refractivity contribution in [2.45, 2.75) is 65.5 Å². The van der Waals surface area contributed by atoms with Gasteiger partial charge in [0.05, 0.1) is 5.56 Å². The Labute approximate surface area is 128 Å². The van der Waals surface area contributed by atoms with Crippen LogP contribution < -0.4 is 5.32 Å². The second-order valence-electron chi connectivity index (χ2n) is 6.32. The van der Waals surface area contributed by atoms with Gasteiger partial charge in [-0.1, -0.05) is 18.6 Å². The molecular weight excluding hydrogens is 260 g/mol. The van der Waals surface area contributed by atoms with E-state index in [1.807, 2.05) is 19.1 Å². The minimum Gasteiger partial charge on any atom is -0.384 e. The number of likely N-dealkylation sites (tertiary alicyclic amines) is 1. The Kier molecular flexibility index (Phi) is 5.27. The first-order valence-corrected chi connectivity index (χ1v) is 8.21. The summed E-state index contributed by atoms with van der Waals surface area (Å²) in [6, 6.07) is 6.80. The molecule has 1 saturated heterocycles. The molecule has 3 heteroatoms. The van der Waals surface area contributed by atoms with Crippen LogP contribution in [0.4, 0.5) is 5.69 Å². The fraction of sp³-hybridized carbons (Fsp3) is 0.611. The zero-order valence-electron chi connectivity index (χ0n) is 13.8. The quantitative estimate of drug-likeness (QED) is 0.899. The Morgan fingerprint density at radius 3 is 2.57 bits per heavy atom. The van der Waals surface area contributed by atoms with Gasteiger partial charge in [0.2, 0.25) is 0 Å². The Balaban J connectivity index is 2.30. The number of anilines is 1. The lowest BCUT2D eigenvalue weighted by molar-refractivity contribution is 0.0511. The predicted molar refractivity (Wildman–Crippen MR) is 88.9 cm³/mol. The van der Waals surface area contributed by atoms with Gasteiger partial charge in [-0.3, -0.25) is 4.79 Å². The molecule has 1 aromatic carbocycles. The van der Waals surface area contributed by atoms with Gasteiger partial charge in [0.15, 0.2) is 0 Å². The highest BCUT2D eigenvalue weighted by Gasteiger charge is 2.30. The number of carbonyl (C=O) groups excluding carboxylic acids is 1. The molecule has 0 bridgehead atoms. The van der Waals surface area contributed by atoms with Crippen LogP contribution in [0.1, 0.15) is 62.4 Å². The van der Waals surface area contributed by atoms with Crippen LogP contribution in [0.5, 0.6) is 0 Å². The summed E-state index contributed by atoms with van der Waals surface area (Å²) in [5, 5.41) is 3.39. The van der Waals surface area contributed by atoms with Crippen molar-refractivity contribution < 1.29 is 4.79 Å². The zero-order valence-corrected chi connectivity index (χ0v) is 13.8. The van der Waals surface area contributed by atoms with Crippen molar-refractivity contribution >= 4 is 11.6 Å². The lowest BCUT2D eigenvalue weighted by Crippen LogP contribution is -2.47. The highest BCUT2D eigenvalue weighted by Crippen LogP contribution is 2.27. The first kappa shape index (κ1) is 15.9. The lowest BCUT2D eigenvalue weighted by atomic mass is 9.95. The molecule has 116 valence electrons. The van der Waals surface area contributed by atoms with E-state index in [4.69, 9.17) is 0 Å². The number of nitrogens with zero attached hydrogens (tertiary/aromatic N) is 1. The van der Waals surface area contributed by atoms with E-state index in [-0.39, 0.29) is 5.91 Å². The van der Waals surface area contributed by atoms with E-state index in [1.54, 1.807) is 0 Å². The van der Waals surface area contributed by atoms with Crippen molar-refractivity contribution in [2.24, 2.45) is 0 Å². The summed E-state index contributed by atoms with van der Waals surface area (Å²) in [4.78, 5) is 15.1. The highest BCUT2D eigenvalue weighted by molar-refractivity contribution is 6.00. The van der Waals surface area contributed by atoms with Gasteiger partial charge in [-0.15, -0.1) is 0 Å². The predicted octanol–water partition coefficient (Wildman–Crippen LogP) is 4.22. The van der Waals surface area contributed by atoms with E-state index < -0.39 is 0 Å². The van der Waals surface area contributed by atoms with Crippen molar-refractivity contribution in [3.63, 3.8) is 0 Å². The third-order valence-electron chi connectivity index (χ3n) is 4.40. The standard InChI is InChI=1S/C18H28N2O/c1-5-11-19-17-10-9-13(2)12-16(17)18(21)20-14(3)7-6-8-15(20)4/h9-10,12,14-15,19H,5-8,11H2,1-4H3. The van der Waals surface area contributed by atoms with Gasteiger partial charge in [-0.05, 0) is 58.6 Å². The van der Waals surface area contributed by atoms with Crippen molar-refractivity contribution in [2.75, 3.05) is 11.9 Å². The molecule has 21 heavy (non-hydrogen) atoms. The van der Waals surface area contributed by atoms with Crippen LogP contribution >= 0.6 is 0 Å². The van der Waals surface area contributed by atoms with Gasteiger partial charge in [0.1, 0.15) is 0 Å². The maximum Gasteiger partial charge on any atom is 0.256 e. The van der Waals surface area contributed by atoms with E-state index in [9.17, 15) is 4.79 Å². The second kappa shape index (κ2) is 6.97. The lowest BCUT2D eigenvalue weighted by Gasteiger charge is -2.39. The molecule has 0 aromatic heterocycles. The molecule has 1 N–H and O–H groups in total. The molecular formula is C18H28N2O. The maximum atomic E-state index is 13.0. The summed E-state index contributed by atoms with van der Waals surface area (Å²) in [5.74, 6) is 0.178. The minimum absolute atomic E-state index is 0.178. The molecule has 0 aliphatic carbocycles. The van der Waals surface area contributed by atoms with Gasteiger partial charge in [0, 0.05) is 24.3 Å². The van der Waals surface area contributed by atoms with Crippen LogP contribution in [0.15, 0.2) is 18.2 Å². The van der Waals surface area contributed by atoms with Gasteiger partial charge < -0.3 is 10.2 Å². The molecule has 0 spiro atoms. The molecule has 1 aliphatic rings. The Hall–Kier alpha value is -1.51. The fourth-order valence-corrected chi connectivity index (χ4v) is 3.21. The smallest absolute Gasteiger partial charge is 0.256 e. The van der Waals surface area contributed by atoms with E-state index >= 15 is 0 Å². The SMILES string of the molecule is CCCNc1ccc(C)cc1C(=O)N1C(C)CCCC1C. The third-order valence-corrected chi connectivity index (χ3v) is 4.40.